The van der Waals surface area contributed by atoms with Crippen LogP contribution < -0.4 is 0 Å². The van der Waals surface area contributed by atoms with E-state index in [-0.39, 0.29) is 0 Å². The molecule has 156 valence electrons. The van der Waals surface area contributed by atoms with E-state index in [1.54, 1.807) is 11.1 Å². The van der Waals surface area contributed by atoms with Crippen molar-refractivity contribution in [2.45, 2.75) is 32.2 Å². The second-order valence-electron chi connectivity index (χ2n) is 9.07. The first-order valence-corrected chi connectivity index (χ1v) is 11.7. The van der Waals surface area contributed by atoms with Crippen LogP contribution in [0.25, 0.3) is 22.8 Å². The lowest BCUT2D eigenvalue weighted by molar-refractivity contribution is 0.0342. The second kappa shape index (κ2) is 8.11. The number of allylic oxidation sites excluding steroid dienone is 1. The van der Waals surface area contributed by atoms with Crippen molar-refractivity contribution < 1.29 is 4.74 Å². The summed E-state index contributed by atoms with van der Waals surface area (Å²) in [6.45, 7) is 4.83. The Balaban J connectivity index is 1.26. The van der Waals surface area contributed by atoms with Crippen LogP contribution in [0, 0.1) is 0 Å². The second-order valence-corrected chi connectivity index (χ2v) is 9.07. The quantitative estimate of drug-likeness (QED) is 0.546. The molecule has 0 amide bonds. The first kappa shape index (κ1) is 19.0. The molecule has 2 heteroatoms. The highest BCUT2D eigenvalue weighted by molar-refractivity contribution is 5.87. The number of hydrogen-bond acceptors (Lipinski definition) is 2. The Morgan fingerprint density at radius 1 is 0.710 bits per heavy atom. The van der Waals surface area contributed by atoms with Gasteiger partial charge < -0.3 is 4.74 Å². The maximum Gasteiger partial charge on any atom is 0.0594 e. The molecule has 3 aromatic carbocycles. The summed E-state index contributed by atoms with van der Waals surface area (Å²) in [5.41, 5.74) is 13.3. The minimum absolute atomic E-state index is 0.861. The average molecular weight is 408 g/mol. The normalized spacial score (nSPS) is 18.0. The Bertz CT molecular complexity index is 1140. The van der Waals surface area contributed by atoms with Crippen molar-refractivity contribution in [2.75, 3.05) is 26.3 Å². The zero-order valence-corrected chi connectivity index (χ0v) is 18.1. The minimum Gasteiger partial charge on any atom is -0.379 e. The van der Waals surface area contributed by atoms with Crippen molar-refractivity contribution in [1.82, 2.24) is 4.90 Å². The maximum atomic E-state index is 5.47. The molecule has 0 radical (unpaired) electrons. The van der Waals surface area contributed by atoms with Gasteiger partial charge in [0.05, 0.1) is 13.2 Å². The molecule has 31 heavy (non-hydrogen) atoms. The molecular formula is C29H29NO. The third-order valence-corrected chi connectivity index (χ3v) is 7.23. The SMILES string of the molecule is C1=C(c2ccc(CN3CCOCC3)cc2)CCc2c1ccc1c2CCc2ccccc2-1. The van der Waals surface area contributed by atoms with E-state index in [0.717, 1.165) is 45.7 Å². The van der Waals surface area contributed by atoms with Crippen molar-refractivity contribution >= 4 is 11.6 Å². The van der Waals surface area contributed by atoms with Crippen LogP contribution in [-0.2, 0) is 30.5 Å². The largest absolute Gasteiger partial charge is 0.379 e. The van der Waals surface area contributed by atoms with Gasteiger partial charge in [-0.3, -0.25) is 4.90 Å². The van der Waals surface area contributed by atoms with Crippen molar-refractivity contribution in [1.29, 1.82) is 0 Å². The van der Waals surface area contributed by atoms with Gasteiger partial charge in [-0.1, -0.05) is 66.7 Å². The number of morpholine rings is 1. The van der Waals surface area contributed by atoms with Gasteiger partial charge in [0, 0.05) is 19.6 Å². The van der Waals surface area contributed by atoms with Crippen LogP contribution in [-0.4, -0.2) is 31.2 Å². The number of fused-ring (bicyclic) bond motifs is 5. The maximum absolute atomic E-state index is 5.47. The van der Waals surface area contributed by atoms with Crippen LogP contribution in [0.15, 0.2) is 60.7 Å². The van der Waals surface area contributed by atoms with Crippen LogP contribution in [0.4, 0.5) is 0 Å². The summed E-state index contributed by atoms with van der Waals surface area (Å²) < 4.78 is 5.47. The number of hydrogen-bond donors (Lipinski definition) is 0. The lowest BCUT2D eigenvalue weighted by atomic mass is 9.78. The minimum atomic E-state index is 0.861. The standard InChI is InChI=1S/C29H29NO/c1-2-4-26-23(3-1)9-13-29-27-12-10-24(19-25(27)11-14-28(26)29)22-7-5-21(6-8-22)20-30-15-17-31-18-16-30/h1-8,11,14,19H,9-10,12-13,15-18,20H2. The Morgan fingerprint density at radius 3 is 2.39 bits per heavy atom. The lowest BCUT2D eigenvalue weighted by Crippen LogP contribution is -2.35. The first-order chi connectivity index (χ1) is 15.3. The molecule has 0 saturated carbocycles. The number of rotatable bonds is 3. The zero-order valence-electron chi connectivity index (χ0n) is 18.1. The zero-order chi connectivity index (χ0) is 20.6. The molecule has 3 aromatic rings. The number of benzene rings is 3. The molecule has 1 aliphatic heterocycles. The van der Waals surface area contributed by atoms with E-state index < -0.39 is 0 Å². The molecule has 1 saturated heterocycles. The van der Waals surface area contributed by atoms with E-state index in [0.29, 0.717) is 0 Å². The number of ether oxygens (including phenoxy) is 1. The molecule has 0 N–H and O–H groups in total. The highest BCUT2D eigenvalue weighted by Crippen LogP contribution is 2.40. The van der Waals surface area contributed by atoms with Gasteiger partial charge in [0.15, 0.2) is 0 Å². The molecule has 0 unspecified atom stereocenters. The molecule has 0 bridgehead atoms. The van der Waals surface area contributed by atoms with E-state index >= 15 is 0 Å². The summed E-state index contributed by atoms with van der Waals surface area (Å²) in [7, 11) is 0. The van der Waals surface area contributed by atoms with E-state index in [2.05, 4.69) is 71.6 Å². The molecule has 2 nitrogen and oxygen atoms in total. The average Bonchev–Trinajstić information content (AvgIpc) is 2.84. The van der Waals surface area contributed by atoms with Crippen LogP contribution in [0.1, 0.15) is 39.8 Å². The van der Waals surface area contributed by atoms with Gasteiger partial charge in [0.25, 0.3) is 0 Å². The molecule has 1 fully saturated rings. The fraction of sp³-hybridized carbons (Fsp3) is 0.310. The van der Waals surface area contributed by atoms with Crippen molar-refractivity contribution in [3.8, 4) is 11.1 Å². The first-order valence-electron chi connectivity index (χ1n) is 11.7. The Morgan fingerprint density at radius 2 is 1.52 bits per heavy atom. The predicted molar refractivity (Wildman–Crippen MR) is 128 cm³/mol. The van der Waals surface area contributed by atoms with Crippen LogP contribution >= 0.6 is 0 Å². The van der Waals surface area contributed by atoms with Gasteiger partial charge in [-0.05, 0) is 75.8 Å². The predicted octanol–water partition coefficient (Wildman–Crippen LogP) is 5.77. The third kappa shape index (κ3) is 3.64. The van der Waals surface area contributed by atoms with E-state index in [1.807, 2.05) is 0 Å². The van der Waals surface area contributed by atoms with Crippen LogP contribution in [0.5, 0.6) is 0 Å². The summed E-state index contributed by atoms with van der Waals surface area (Å²) in [6, 6.07) is 22.9. The fourth-order valence-corrected chi connectivity index (χ4v) is 5.53. The van der Waals surface area contributed by atoms with Crippen molar-refractivity contribution in [3.63, 3.8) is 0 Å². The summed E-state index contributed by atoms with van der Waals surface area (Å²) in [4.78, 5) is 2.48. The fourth-order valence-electron chi connectivity index (χ4n) is 5.53. The lowest BCUT2D eigenvalue weighted by Gasteiger charge is -2.27. The van der Waals surface area contributed by atoms with Gasteiger partial charge in [0.2, 0.25) is 0 Å². The van der Waals surface area contributed by atoms with Gasteiger partial charge in [-0.25, -0.2) is 0 Å². The smallest absolute Gasteiger partial charge is 0.0594 e. The van der Waals surface area contributed by atoms with E-state index in [1.165, 1.54) is 51.8 Å². The Labute approximate surface area is 185 Å². The summed E-state index contributed by atoms with van der Waals surface area (Å²) in [5.74, 6) is 0. The van der Waals surface area contributed by atoms with E-state index in [9.17, 15) is 0 Å². The van der Waals surface area contributed by atoms with Gasteiger partial charge in [-0.2, -0.15) is 0 Å². The summed E-state index contributed by atoms with van der Waals surface area (Å²) >= 11 is 0. The number of aryl methyl sites for hydroxylation is 1. The molecule has 0 aromatic heterocycles. The van der Waals surface area contributed by atoms with E-state index in [4.69, 9.17) is 4.74 Å². The van der Waals surface area contributed by atoms with Crippen molar-refractivity contribution in [3.05, 3.63) is 94.0 Å². The number of nitrogens with zero attached hydrogens (tertiary/aromatic N) is 1. The Kier molecular flexibility index (Phi) is 4.98. The highest BCUT2D eigenvalue weighted by Gasteiger charge is 2.22. The van der Waals surface area contributed by atoms with Gasteiger partial charge in [0.1, 0.15) is 0 Å². The molecule has 0 spiro atoms. The molecule has 2 aliphatic carbocycles. The highest BCUT2D eigenvalue weighted by atomic mass is 16.5. The van der Waals surface area contributed by atoms with Gasteiger partial charge in [-0.15, -0.1) is 0 Å². The molecule has 3 aliphatic rings. The summed E-state index contributed by atoms with van der Waals surface area (Å²) in [6.07, 6.45) is 7.07. The van der Waals surface area contributed by atoms with Gasteiger partial charge >= 0.3 is 0 Å². The monoisotopic (exact) mass is 407 g/mol. The summed E-state index contributed by atoms with van der Waals surface area (Å²) in [5, 5.41) is 0. The van der Waals surface area contributed by atoms with Crippen molar-refractivity contribution in [2.24, 2.45) is 0 Å². The Hall–Kier alpha value is -2.68. The topological polar surface area (TPSA) is 12.5 Å². The van der Waals surface area contributed by atoms with Crippen LogP contribution in [0.3, 0.4) is 0 Å². The molecular weight excluding hydrogens is 378 g/mol. The molecule has 1 heterocycles. The third-order valence-electron chi connectivity index (χ3n) is 7.23. The van der Waals surface area contributed by atoms with Crippen LogP contribution in [0.2, 0.25) is 0 Å². The molecule has 6 rings (SSSR count). The molecule has 0 atom stereocenters.